The highest BCUT2D eigenvalue weighted by molar-refractivity contribution is 7.15. The van der Waals surface area contributed by atoms with Gasteiger partial charge in [0.05, 0.1) is 22.8 Å². The standard InChI is InChI=1S/C10H8F3N3O3S/c1-5(17)8-2-7(16(18)19)9(20-8)15-4-6(3-14-15)10(11,12)13/h2-5,17H,1H3. The number of thiophene rings is 1. The molecule has 0 bridgehead atoms. The van der Waals surface area contributed by atoms with E-state index in [-0.39, 0.29) is 9.88 Å². The second-order valence-electron chi connectivity index (χ2n) is 3.94. The molecule has 0 aliphatic carbocycles. The Labute approximate surface area is 114 Å². The first-order valence-electron chi connectivity index (χ1n) is 5.28. The normalized spacial score (nSPS) is 13.4. The molecule has 1 unspecified atom stereocenters. The third-order valence-corrected chi connectivity index (χ3v) is 3.72. The number of hydrogen-bond acceptors (Lipinski definition) is 5. The van der Waals surface area contributed by atoms with Crippen molar-refractivity contribution in [3.05, 3.63) is 39.0 Å². The summed E-state index contributed by atoms with van der Waals surface area (Å²) in [5.41, 5.74) is -1.40. The van der Waals surface area contributed by atoms with E-state index in [9.17, 15) is 28.4 Å². The molecule has 10 heteroatoms. The molecular weight excluding hydrogens is 299 g/mol. The van der Waals surface area contributed by atoms with E-state index in [1.165, 1.54) is 6.92 Å². The highest BCUT2D eigenvalue weighted by Crippen LogP contribution is 2.37. The highest BCUT2D eigenvalue weighted by Gasteiger charge is 2.33. The molecule has 0 radical (unpaired) electrons. The molecule has 2 aromatic rings. The molecule has 0 aromatic carbocycles. The largest absolute Gasteiger partial charge is 0.419 e. The van der Waals surface area contributed by atoms with Crippen molar-refractivity contribution < 1.29 is 23.2 Å². The van der Waals surface area contributed by atoms with Gasteiger partial charge in [0.15, 0.2) is 5.00 Å². The van der Waals surface area contributed by atoms with Crippen LogP contribution in [0.25, 0.3) is 5.00 Å². The van der Waals surface area contributed by atoms with Crippen LogP contribution in [0.3, 0.4) is 0 Å². The summed E-state index contributed by atoms with van der Waals surface area (Å²) in [5, 5.41) is 23.7. The lowest BCUT2D eigenvalue weighted by Crippen LogP contribution is -2.03. The van der Waals surface area contributed by atoms with E-state index >= 15 is 0 Å². The number of aliphatic hydroxyl groups is 1. The summed E-state index contributed by atoms with van der Waals surface area (Å²) in [6, 6.07) is 1.12. The third kappa shape index (κ3) is 2.65. The summed E-state index contributed by atoms with van der Waals surface area (Å²) in [7, 11) is 0. The molecule has 1 atom stereocenters. The zero-order valence-corrected chi connectivity index (χ0v) is 10.8. The molecule has 0 saturated heterocycles. The monoisotopic (exact) mass is 307 g/mol. The van der Waals surface area contributed by atoms with Crippen LogP contribution in [0.4, 0.5) is 18.9 Å². The third-order valence-electron chi connectivity index (χ3n) is 2.44. The number of nitro groups is 1. The van der Waals surface area contributed by atoms with Crippen molar-refractivity contribution >= 4 is 17.0 Å². The minimum Gasteiger partial charge on any atom is -0.388 e. The van der Waals surface area contributed by atoms with Crippen molar-refractivity contribution in [2.75, 3.05) is 0 Å². The van der Waals surface area contributed by atoms with Crippen molar-refractivity contribution in [3.63, 3.8) is 0 Å². The number of rotatable bonds is 3. The SMILES string of the molecule is CC(O)c1cc([N+](=O)[O-])c(-n2cc(C(F)(F)F)cn2)s1. The van der Waals surface area contributed by atoms with Crippen LogP contribution in [-0.4, -0.2) is 19.8 Å². The molecule has 0 fully saturated rings. The van der Waals surface area contributed by atoms with Gasteiger partial charge in [0.25, 0.3) is 0 Å². The smallest absolute Gasteiger partial charge is 0.388 e. The highest BCUT2D eigenvalue weighted by atomic mass is 32.1. The number of hydrogen-bond donors (Lipinski definition) is 1. The number of aliphatic hydroxyl groups excluding tert-OH is 1. The van der Waals surface area contributed by atoms with Gasteiger partial charge in [0.1, 0.15) is 0 Å². The van der Waals surface area contributed by atoms with E-state index < -0.39 is 28.5 Å². The van der Waals surface area contributed by atoms with Crippen LogP contribution in [0.5, 0.6) is 0 Å². The minimum absolute atomic E-state index is 0.0820. The van der Waals surface area contributed by atoms with Gasteiger partial charge >= 0.3 is 11.9 Å². The van der Waals surface area contributed by atoms with E-state index in [1.54, 1.807) is 0 Å². The fourth-order valence-electron chi connectivity index (χ4n) is 1.47. The van der Waals surface area contributed by atoms with E-state index in [4.69, 9.17) is 0 Å². The minimum atomic E-state index is -4.57. The lowest BCUT2D eigenvalue weighted by atomic mass is 10.3. The summed E-state index contributed by atoms with van der Waals surface area (Å²) in [5.74, 6) is 0. The van der Waals surface area contributed by atoms with Crippen molar-refractivity contribution in [1.29, 1.82) is 0 Å². The van der Waals surface area contributed by atoms with Gasteiger partial charge in [0.2, 0.25) is 0 Å². The van der Waals surface area contributed by atoms with Gasteiger partial charge in [-0.3, -0.25) is 10.1 Å². The van der Waals surface area contributed by atoms with Gasteiger partial charge in [-0.1, -0.05) is 0 Å². The number of aromatic nitrogens is 2. The molecule has 2 aromatic heterocycles. The van der Waals surface area contributed by atoms with Crippen molar-refractivity contribution in [3.8, 4) is 5.00 Å². The van der Waals surface area contributed by atoms with E-state index in [0.717, 1.165) is 22.1 Å². The molecule has 0 amide bonds. The lowest BCUT2D eigenvalue weighted by Gasteiger charge is -2.00. The summed E-state index contributed by atoms with van der Waals surface area (Å²) in [6.07, 6.45) is -4.27. The maximum absolute atomic E-state index is 12.5. The lowest BCUT2D eigenvalue weighted by molar-refractivity contribution is -0.384. The molecule has 0 aliphatic rings. The first kappa shape index (κ1) is 14.5. The molecule has 0 aliphatic heterocycles. The molecule has 1 N–H and O–H groups in total. The molecule has 0 spiro atoms. The fourth-order valence-corrected chi connectivity index (χ4v) is 2.47. The first-order chi connectivity index (χ1) is 9.20. The van der Waals surface area contributed by atoms with Gasteiger partial charge in [-0.15, -0.1) is 11.3 Å². The van der Waals surface area contributed by atoms with E-state index in [2.05, 4.69) is 5.10 Å². The fraction of sp³-hybridized carbons (Fsp3) is 0.300. The number of nitrogens with zero attached hydrogens (tertiary/aromatic N) is 3. The van der Waals surface area contributed by atoms with Crippen LogP contribution in [0.1, 0.15) is 23.5 Å². The Morgan fingerprint density at radius 1 is 1.55 bits per heavy atom. The van der Waals surface area contributed by atoms with Gasteiger partial charge < -0.3 is 5.11 Å². The van der Waals surface area contributed by atoms with Crippen molar-refractivity contribution in [1.82, 2.24) is 9.78 Å². The second kappa shape index (κ2) is 4.87. The molecule has 0 saturated carbocycles. The molecule has 6 nitrogen and oxygen atoms in total. The predicted octanol–water partition coefficient (Wildman–Crippen LogP) is 2.91. The van der Waals surface area contributed by atoms with Crippen LogP contribution in [0.2, 0.25) is 0 Å². The van der Waals surface area contributed by atoms with Crippen LogP contribution in [0.15, 0.2) is 18.5 Å². The first-order valence-corrected chi connectivity index (χ1v) is 6.10. The molecule has 108 valence electrons. The quantitative estimate of drug-likeness (QED) is 0.698. The van der Waals surface area contributed by atoms with Crippen molar-refractivity contribution in [2.45, 2.75) is 19.2 Å². The average Bonchev–Trinajstić information content (AvgIpc) is 2.94. The molecule has 2 rings (SSSR count). The maximum Gasteiger partial charge on any atom is 0.419 e. The maximum atomic E-state index is 12.5. The molecule has 20 heavy (non-hydrogen) atoms. The number of halogens is 3. The van der Waals surface area contributed by atoms with Crippen LogP contribution >= 0.6 is 11.3 Å². The summed E-state index contributed by atoms with van der Waals surface area (Å²) in [4.78, 5) is 10.4. The second-order valence-corrected chi connectivity index (χ2v) is 5.01. The van der Waals surface area contributed by atoms with Gasteiger partial charge in [-0.2, -0.15) is 18.3 Å². The number of alkyl halides is 3. The Hall–Kier alpha value is -1.94. The van der Waals surface area contributed by atoms with Crippen molar-refractivity contribution in [2.24, 2.45) is 0 Å². The zero-order chi connectivity index (χ0) is 15.1. The van der Waals surface area contributed by atoms with Gasteiger partial charge in [-0.25, -0.2) is 4.68 Å². The Morgan fingerprint density at radius 3 is 2.65 bits per heavy atom. The zero-order valence-electron chi connectivity index (χ0n) is 9.96. The Morgan fingerprint density at radius 2 is 2.20 bits per heavy atom. The Kier molecular flexibility index (Phi) is 3.52. The summed E-state index contributed by atoms with van der Waals surface area (Å²) < 4.78 is 38.2. The van der Waals surface area contributed by atoms with Crippen LogP contribution < -0.4 is 0 Å². The topological polar surface area (TPSA) is 81.2 Å². The van der Waals surface area contributed by atoms with E-state index in [0.29, 0.717) is 12.4 Å². The summed E-state index contributed by atoms with van der Waals surface area (Å²) in [6.45, 7) is 1.41. The molecule has 2 heterocycles. The predicted molar refractivity (Wildman–Crippen MR) is 63.7 cm³/mol. The summed E-state index contributed by atoms with van der Waals surface area (Å²) >= 11 is 0.814. The van der Waals surface area contributed by atoms with Gasteiger partial charge in [0, 0.05) is 17.1 Å². The van der Waals surface area contributed by atoms with Crippen LogP contribution in [0, 0.1) is 10.1 Å². The average molecular weight is 307 g/mol. The van der Waals surface area contributed by atoms with E-state index in [1.807, 2.05) is 0 Å². The molecular formula is C10H8F3N3O3S. The van der Waals surface area contributed by atoms with Gasteiger partial charge in [-0.05, 0) is 6.92 Å². The van der Waals surface area contributed by atoms with Crippen LogP contribution in [-0.2, 0) is 6.18 Å². The Balaban J connectivity index is 2.51. The Bertz CT molecular complexity index is 648.